The van der Waals surface area contributed by atoms with Crippen LogP contribution in [0.15, 0.2) is 60.7 Å². The van der Waals surface area contributed by atoms with E-state index in [9.17, 15) is 9.18 Å². The van der Waals surface area contributed by atoms with Crippen molar-refractivity contribution >= 4 is 5.97 Å². The van der Waals surface area contributed by atoms with Crippen molar-refractivity contribution in [3.63, 3.8) is 0 Å². The van der Waals surface area contributed by atoms with Crippen molar-refractivity contribution in [2.24, 2.45) is 11.7 Å². The molecule has 3 N–H and O–H groups in total. The van der Waals surface area contributed by atoms with Gasteiger partial charge in [-0.2, -0.15) is 0 Å². The summed E-state index contributed by atoms with van der Waals surface area (Å²) in [5.74, 6) is 0.0782. The molecule has 0 aromatic heterocycles. The molecule has 0 amide bonds. The fourth-order valence-corrected chi connectivity index (χ4v) is 3.74. The van der Waals surface area contributed by atoms with E-state index in [2.05, 4.69) is 0 Å². The lowest BCUT2D eigenvalue weighted by Gasteiger charge is -2.16. The number of carboxylic acids is 1. The van der Waals surface area contributed by atoms with Gasteiger partial charge in [-0.25, -0.2) is 8.78 Å². The number of ether oxygens (including phenoxy) is 2. The molecule has 3 aromatic carbocycles. The van der Waals surface area contributed by atoms with Gasteiger partial charge in [-0.1, -0.05) is 36.4 Å². The first-order chi connectivity index (χ1) is 16.4. The van der Waals surface area contributed by atoms with E-state index < -0.39 is 24.5 Å². The van der Waals surface area contributed by atoms with Gasteiger partial charge >= 0.3 is 5.97 Å². The van der Waals surface area contributed by atoms with Crippen LogP contribution in [0.3, 0.4) is 0 Å². The minimum atomic E-state index is -1.04. The number of nitrogens with two attached hydrogens (primary N) is 1. The number of benzene rings is 3. The molecule has 0 bridgehead atoms. The molecule has 0 radical (unpaired) electrons. The van der Waals surface area contributed by atoms with Crippen LogP contribution in [0.1, 0.15) is 35.6 Å². The van der Waals surface area contributed by atoms with Crippen LogP contribution >= 0.6 is 0 Å². The Balaban J connectivity index is 1.64. The van der Waals surface area contributed by atoms with Crippen LogP contribution in [0.4, 0.5) is 8.78 Å². The van der Waals surface area contributed by atoms with Crippen molar-refractivity contribution in [3.05, 3.63) is 83.2 Å². The molecule has 7 heteroatoms. The first kappa shape index (κ1) is 23.7. The topological polar surface area (TPSA) is 81.8 Å². The second-order valence-electron chi connectivity index (χ2n) is 8.56. The van der Waals surface area contributed by atoms with E-state index in [4.69, 9.17) is 20.3 Å². The van der Waals surface area contributed by atoms with Gasteiger partial charge in [0.05, 0.1) is 19.1 Å². The fourth-order valence-electron chi connectivity index (χ4n) is 3.74. The normalized spacial score (nSPS) is 14.0. The molecular weight excluding hydrogens is 440 g/mol. The molecule has 5 nitrogen and oxygen atoms in total. The summed E-state index contributed by atoms with van der Waals surface area (Å²) in [7, 11) is 0. The molecule has 3 aromatic rings. The Bertz CT molecular complexity index is 1160. The molecule has 1 fully saturated rings. The lowest BCUT2D eigenvalue weighted by Crippen LogP contribution is -2.14. The van der Waals surface area contributed by atoms with Crippen LogP contribution in [0.2, 0.25) is 0 Å². The van der Waals surface area contributed by atoms with E-state index in [0.717, 1.165) is 18.4 Å². The van der Waals surface area contributed by atoms with Crippen LogP contribution in [0.5, 0.6) is 11.5 Å². The Morgan fingerprint density at radius 1 is 1.09 bits per heavy atom. The van der Waals surface area contributed by atoms with Gasteiger partial charge in [0.1, 0.15) is 30.6 Å². The van der Waals surface area contributed by atoms with Crippen molar-refractivity contribution in [1.29, 1.82) is 0 Å². The summed E-state index contributed by atoms with van der Waals surface area (Å²) in [5, 5.41) is 9.15. The number of para-hydroxylation sites is 1. The molecule has 0 heterocycles. The van der Waals surface area contributed by atoms with E-state index >= 15 is 4.39 Å². The predicted molar refractivity (Wildman–Crippen MR) is 125 cm³/mol. The zero-order chi connectivity index (χ0) is 24.1. The molecule has 4 rings (SSSR count). The number of carbonyl (C=O) groups is 1. The monoisotopic (exact) mass is 467 g/mol. The maximum absolute atomic E-state index is 15.2. The SMILES string of the molecule is NC(CF)c1cccc(-c2cc(COc3ccccc3CC(=O)O)cc(OCC3CC3)c2)c1F. The van der Waals surface area contributed by atoms with Crippen molar-refractivity contribution in [3.8, 4) is 22.6 Å². The number of hydrogen-bond donors (Lipinski definition) is 2. The molecule has 0 aliphatic heterocycles. The molecular formula is C27H27F2NO4. The fraction of sp³-hybridized carbons (Fsp3) is 0.296. The standard InChI is InChI=1S/C27H27F2NO4/c28-14-24(30)23-6-3-5-22(27(23)29)20-10-18(11-21(12-20)33-15-17-8-9-17)16-34-25-7-2-1-4-19(25)13-26(31)32/h1-7,10-12,17,24H,8-9,13-16,30H2,(H,31,32). The molecule has 0 spiro atoms. The summed E-state index contributed by atoms with van der Waals surface area (Å²) >= 11 is 0. The molecule has 1 atom stereocenters. The highest BCUT2D eigenvalue weighted by molar-refractivity contribution is 5.71. The third-order valence-electron chi connectivity index (χ3n) is 5.76. The van der Waals surface area contributed by atoms with Crippen LogP contribution in [0, 0.1) is 11.7 Å². The summed E-state index contributed by atoms with van der Waals surface area (Å²) in [4.78, 5) is 11.2. The van der Waals surface area contributed by atoms with Crippen LogP contribution in [-0.2, 0) is 17.8 Å². The average molecular weight is 468 g/mol. The highest BCUT2D eigenvalue weighted by atomic mass is 19.1. The lowest BCUT2D eigenvalue weighted by molar-refractivity contribution is -0.136. The Labute approximate surface area is 197 Å². The number of aliphatic carboxylic acids is 1. The summed E-state index contributed by atoms with van der Waals surface area (Å²) < 4.78 is 40.2. The highest BCUT2D eigenvalue weighted by Crippen LogP contribution is 2.34. The number of carboxylic acid groups (broad SMARTS) is 1. The summed E-state index contributed by atoms with van der Waals surface area (Å²) in [6.07, 6.45) is 2.11. The van der Waals surface area contributed by atoms with E-state index in [1.165, 1.54) is 6.07 Å². The van der Waals surface area contributed by atoms with Gasteiger partial charge in [0.2, 0.25) is 0 Å². The maximum Gasteiger partial charge on any atom is 0.307 e. The van der Waals surface area contributed by atoms with E-state index in [0.29, 0.717) is 40.7 Å². The van der Waals surface area contributed by atoms with Crippen LogP contribution in [0.25, 0.3) is 11.1 Å². The Kier molecular flexibility index (Phi) is 7.43. The largest absolute Gasteiger partial charge is 0.493 e. The number of alkyl halides is 1. The molecule has 34 heavy (non-hydrogen) atoms. The maximum atomic E-state index is 15.2. The van der Waals surface area contributed by atoms with E-state index in [-0.39, 0.29) is 18.6 Å². The predicted octanol–water partition coefficient (Wildman–Crippen LogP) is 5.46. The Hall–Kier alpha value is -3.45. The summed E-state index contributed by atoms with van der Waals surface area (Å²) in [5.41, 5.74) is 8.02. The Morgan fingerprint density at radius 3 is 2.62 bits per heavy atom. The van der Waals surface area contributed by atoms with Gasteiger partial charge in [0.25, 0.3) is 0 Å². The van der Waals surface area contributed by atoms with Gasteiger partial charge in [0.15, 0.2) is 0 Å². The molecule has 1 aliphatic rings. The smallest absolute Gasteiger partial charge is 0.307 e. The third-order valence-corrected chi connectivity index (χ3v) is 5.76. The Morgan fingerprint density at radius 2 is 1.88 bits per heavy atom. The average Bonchev–Trinajstić information content (AvgIpc) is 3.66. The van der Waals surface area contributed by atoms with Crippen LogP contribution in [-0.4, -0.2) is 24.4 Å². The van der Waals surface area contributed by atoms with Crippen molar-refractivity contribution in [1.82, 2.24) is 0 Å². The highest BCUT2D eigenvalue weighted by Gasteiger charge is 2.22. The first-order valence-electron chi connectivity index (χ1n) is 11.2. The van der Waals surface area contributed by atoms with Gasteiger partial charge < -0.3 is 20.3 Å². The minimum absolute atomic E-state index is 0.115. The molecule has 0 saturated heterocycles. The second-order valence-corrected chi connectivity index (χ2v) is 8.56. The van der Waals surface area contributed by atoms with Crippen molar-refractivity contribution in [2.75, 3.05) is 13.3 Å². The summed E-state index contributed by atoms with van der Waals surface area (Å²) in [6.45, 7) is -0.143. The number of rotatable bonds is 11. The van der Waals surface area contributed by atoms with Gasteiger partial charge in [-0.05, 0) is 54.2 Å². The van der Waals surface area contributed by atoms with Gasteiger partial charge in [0, 0.05) is 16.7 Å². The number of halogens is 2. The van der Waals surface area contributed by atoms with E-state index in [1.54, 1.807) is 48.5 Å². The number of hydrogen-bond acceptors (Lipinski definition) is 4. The quantitative estimate of drug-likeness (QED) is 0.392. The molecule has 1 aliphatic carbocycles. The molecule has 1 unspecified atom stereocenters. The lowest BCUT2D eigenvalue weighted by atomic mass is 9.97. The van der Waals surface area contributed by atoms with Crippen molar-refractivity contribution in [2.45, 2.75) is 31.9 Å². The van der Waals surface area contributed by atoms with Crippen molar-refractivity contribution < 1.29 is 28.2 Å². The third kappa shape index (κ3) is 5.91. The first-order valence-corrected chi connectivity index (χ1v) is 11.2. The zero-order valence-corrected chi connectivity index (χ0v) is 18.7. The second kappa shape index (κ2) is 10.7. The van der Waals surface area contributed by atoms with Gasteiger partial charge in [-0.3, -0.25) is 4.79 Å². The molecule has 178 valence electrons. The minimum Gasteiger partial charge on any atom is -0.493 e. The summed E-state index contributed by atoms with van der Waals surface area (Å²) in [6, 6.07) is 16.1. The van der Waals surface area contributed by atoms with Crippen LogP contribution < -0.4 is 15.2 Å². The zero-order valence-electron chi connectivity index (χ0n) is 18.7. The van der Waals surface area contributed by atoms with E-state index in [1.807, 2.05) is 6.07 Å². The molecule has 1 saturated carbocycles. The van der Waals surface area contributed by atoms with Gasteiger partial charge in [-0.15, -0.1) is 0 Å².